The van der Waals surface area contributed by atoms with Crippen LogP contribution in [0.15, 0.2) is 36.7 Å². The number of nitrogens with zero attached hydrogens (tertiary/aromatic N) is 1. The second kappa shape index (κ2) is 5.49. The van der Waals surface area contributed by atoms with Gasteiger partial charge in [0.15, 0.2) is 5.69 Å². The number of aromatic amines is 1. The van der Waals surface area contributed by atoms with Crippen molar-refractivity contribution in [3.8, 4) is 0 Å². The van der Waals surface area contributed by atoms with E-state index >= 15 is 0 Å². The lowest BCUT2D eigenvalue weighted by atomic mass is 9.76. The third kappa shape index (κ3) is 2.46. The molecule has 2 unspecified atom stereocenters. The fourth-order valence-corrected chi connectivity index (χ4v) is 3.27. The van der Waals surface area contributed by atoms with Crippen molar-refractivity contribution < 1.29 is 9.90 Å². The number of aromatic carboxylic acids is 1. The van der Waals surface area contributed by atoms with E-state index in [1.165, 1.54) is 18.3 Å². The molecule has 0 amide bonds. The molecule has 2 N–H and O–H groups in total. The Hall–Kier alpha value is -2.10. The highest BCUT2D eigenvalue weighted by atomic mass is 16.4. The molecule has 20 heavy (non-hydrogen) atoms. The topological polar surface area (TPSA) is 66.0 Å². The first kappa shape index (κ1) is 12.9. The van der Waals surface area contributed by atoms with Gasteiger partial charge in [0.1, 0.15) is 0 Å². The van der Waals surface area contributed by atoms with Gasteiger partial charge in [-0.05, 0) is 30.7 Å². The summed E-state index contributed by atoms with van der Waals surface area (Å²) in [5.41, 5.74) is 2.33. The first-order valence-corrected chi connectivity index (χ1v) is 7.07. The number of hydrogen-bond acceptors (Lipinski definition) is 2. The maximum Gasteiger partial charge on any atom is 0.356 e. The van der Waals surface area contributed by atoms with Crippen LogP contribution in [0.2, 0.25) is 0 Å². The normalized spacial score (nSPS) is 22.6. The summed E-state index contributed by atoms with van der Waals surface area (Å²) < 4.78 is 0. The van der Waals surface area contributed by atoms with Crippen molar-refractivity contribution in [1.29, 1.82) is 0 Å². The summed E-state index contributed by atoms with van der Waals surface area (Å²) in [7, 11) is 0. The largest absolute Gasteiger partial charge is 0.476 e. The molecule has 2 atom stereocenters. The van der Waals surface area contributed by atoms with Crippen molar-refractivity contribution in [1.82, 2.24) is 9.97 Å². The summed E-state index contributed by atoms with van der Waals surface area (Å²) in [4.78, 5) is 18.2. The maximum absolute atomic E-state index is 11.2. The second-order valence-electron chi connectivity index (χ2n) is 5.44. The molecule has 0 bridgehead atoms. The smallest absolute Gasteiger partial charge is 0.356 e. The van der Waals surface area contributed by atoms with Gasteiger partial charge in [-0.3, -0.25) is 0 Å². The van der Waals surface area contributed by atoms with Crippen LogP contribution in [0.25, 0.3) is 0 Å². The maximum atomic E-state index is 11.2. The van der Waals surface area contributed by atoms with Gasteiger partial charge in [-0.15, -0.1) is 0 Å². The standard InChI is InChI=1S/C16H18N2O2/c19-16(20)15-14(17-10-18-15)13-8-4-7-12(9-13)11-5-2-1-3-6-11/h1-3,5-6,10,12-13H,4,7-9H2,(H,17,18)(H,19,20). The molecule has 0 aliphatic heterocycles. The molecular formula is C16H18N2O2. The van der Waals surface area contributed by atoms with Crippen molar-refractivity contribution >= 4 is 5.97 Å². The number of imidazole rings is 1. The van der Waals surface area contributed by atoms with Gasteiger partial charge in [-0.25, -0.2) is 9.78 Å². The number of carboxylic acid groups (broad SMARTS) is 1. The van der Waals surface area contributed by atoms with E-state index in [0.29, 0.717) is 5.92 Å². The molecule has 104 valence electrons. The molecule has 1 saturated carbocycles. The molecule has 1 aliphatic carbocycles. The van der Waals surface area contributed by atoms with Gasteiger partial charge in [0.25, 0.3) is 0 Å². The Morgan fingerprint density at radius 3 is 2.70 bits per heavy atom. The highest BCUT2D eigenvalue weighted by Crippen LogP contribution is 2.41. The van der Waals surface area contributed by atoms with E-state index in [0.717, 1.165) is 25.0 Å². The van der Waals surface area contributed by atoms with E-state index in [9.17, 15) is 9.90 Å². The van der Waals surface area contributed by atoms with Crippen molar-refractivity contribution in [2.45, 2.75) is 37.5 Å². The number of benzene rings is 1. The van der Waals surface area contributed by atoms with Gasteiger partial charge in [0.05, 0.1) is 12.0 Å². The van der Waals surface area contributed by atoms with Crippen LogP contribution in [-0.4, -0.2) is 21.0 Å². The molecule has 1 heterocycles. The lowest BCUT2D eigenvalue weighted by molar-refractivity contribution is 0.0688. The quantitative estimate of drug-likeness (QED) is 0.896. The molecule has 2 aromatic rings. The number of aromatic nitrogens is 2. The van der Waals surface area contributed by atoms with E-state index < -0.39 is 5.97 Å². The first-order chi connectivity index (χ1) is 9.75. The molecule has 1 aromatic carbocycles. The van der Waals surface area contributed by atoms with Crippen molar-refractivity contribution in [3.63, 3.8) is 0 Å². The Morgan fingerprint density at radius 2 is 1.95 bits per heavy atom. The lowest BCUT2D eigenvalue weighted by Crippen LogP contribution is -2.16. The molecule has 0 saturated heterocycles. The monoisotopic (exact) mass is 270 g/mol. The zero-order valence-corrected chi connectivity index (χ0v) is 11.2. The fourth-order valence-electron chi connectivity index (χ4n) is 3.27. The van der Waals surface area contributed by atoms with Gasteiger partial charge in [0.2, 0.25) is 0 Å². The van der Waals surface area contributed by atoms with Crippen LogP contribution in [0.4, 0.5) is 0 Å². The van der Waals surface area contributed by atoms with Gasteiger partial charge in [-0.2, -0.15) is 0 Å². The van der Waals surface area contributed by atoms with Crippen molar-refractivity contribution in [2.24, 2.45) is 0 Å². The average molecular weight is 270 g/mol. The number of carbonyl (C=O) groups is 1. The minimum atomic E-state index is -0.942. The molecular weight excluding hydrogens is 252 g/mol. The van der Waals surface area contributed by atoms with E-state index in [1.54, 1.807) is 0 Å². The molecule has 3 rings (SSSR count). The fraction of sp³-hybridized carbons (Fsp3) is 0.375. The summed E-state index contributed by atoms with van der Waals surface area (Å²) in [6.45, 7) is 0. The predicted molar refractivity (Wildman–Crippen MR) is 75.9 cm³/mol. The Balaban J connectivity index is 1.82. The Morgan fingerprint density at radius 1 is 1.20 bits per heavy atom. The van der Waals surface area contributed by atoms with Crippen molar-refractivity contribution in [2.75, 3.05) is 0 Å². The third-order valence-electron chi connectivity index (χ3n) is 4.22. The van der Waals surface area contributed by atoms with E-state index in [2.05, 4.69) is 34.2 Å². The van der Waals surface area contributed by atoms with E-state index in [4.69, 9.17) is 0 Å². The van der Waals surface area contributed by atoms with Crippen LogP contribution in [0.3, 0.4) is 0 Å². The van der Waals surface area contributed by atoms with Crippen LogP contribution in [0.5, 0.6) is 0 Å². The number of nitrogens with one attached hydrogen (secondary N) is 1. The molecule has 1 aliphatic rings. The minimum absolute atomic E-state index is 0.184. The SMILES string of the molecule is O=C(O)c1nc[nH]c1C1CCCC(c2ccccc2)C1. The van der Waals surface area contributed by atoms with E-state index in [-0.39, 0.29) is 11.6 Å². The molecule has 1 fully saturated rings. The zero-order chi connectivity index (χ0) is 13.9. The van der Waals surface area contributed by atoms with E-state index in [1.807, 2.05) is 6.07 Å². The summed E-state index contributed by atoms with van der Waals surface area (Å²) in [6, 6.07) is 10.5. The molecule has 0 spiro atoms. The molecule has 0 radical (unpaired) electrons. The van der Waals surface area contributed by atoms with Crippen LogP contribution in [0.1, 0.15) is 59.3 Å². The summed E-state index contributed by atoms with van der Waals surface area (Å²) in [5, 5.41) is 9.19. The highest BCUT2D eigenvalue weighted by molar-refractivity contribution is 5.86. The number of hydrogen-bond donors (Lipinski definition) is 2. The van der Waals surface area contributed by atoms with Crippen LogP contribution in [-0.2, 0) is 0 Å². The van der Waals surface area contributed by atoms with Gasteiger partial charge >= 0.3 is 5.97 Å². The predicted octanol–water partition coefficient (Wildman–Crippen LogP) is 3.55. The number of H-pyrrole nitrogens is 1. The van der Waals surface area contributed by atoms with Crippen LogP contribution >= 0.6 is 0 Å². The minimum Gasteiger partial charge on any atom is -0.476 e. The molecule has 4 nitrogen and oxygen atoms in total. The molecule has 1 aromatic heterocycles. The van der Waals surface area contributed by atoms with Crippen LogP contribution in [0, 0.1) is 0 Å². The first-order valence-electron chi connectivity index (χ1n) is 7.07. The lowest BCUT2D eigenvalue weighted by Gasteiger charge is -2.29. The summed E-state index contributed by atoms with van der Waals surface area (Å²) in [5.74, 6) is -0.162. The highest BCUT2D eigenvalue weighted by Gasteiger charge is 2.28. The average Bonchev–Trinajstić information content (AvgIpc) is 2.98. The second-order valence-corrected chi connectivity index (χ2v) is 5.44. The van der Waals surface area contributed by atoms with Gasteiger partial charge < -0.3 is 10.1 Å². The summed E-state index contributed by atoms with van der Waals surface area (Å²) in [6.07, 6.45) is 5.82. The van der Waals surface area contributed by atoms with Crippen molar-refractivity contribution in [3.05, 3.63) is 53.6 Å². The Kier molecular flexibility index (Phi) is 3.54. The Labute approximate surface area is 117 Å². The Bertz CT molecular complexity index is 592. The zero-order valence-electron chi connectivity index (χ0n) is 11.2. The number of carboxylic acids is 1. The van der Waals surface area contributed by atoms with Gasteiger partial charge in [0, 0.05) is 5.92 Å². The molecule has 4 heteroatoms. The third-order valence-corrected chi connectivity index (χ3v) is 4.22. The number of rotatable bonds is 3. The van der Waals surface area contributed by atoms with Crippen LogP contribution < -0.4 is 0 Å². The van der Waals surface area contributed by atoms with Gasteiger partial charge in [-0.1, -0.05) is 36.8 Å². The summed E-state index contributed by atoms with van der Waals surface area (Å²) >= 11 is 0.